The number of carbonyl (C=O) groups is 1. The molecule has 1 saturated heterocycles. The zero-order valence-electron chi connectivity index (χ0n) is 12.4. The van der Waals surface area contributed by atoms with Gasteiger partial charge in [-0.25, -0.2) is 4.79 Å². The van der Waals surface area contributed by atoms with Crippen LogP contribution in [0.1, 0.15) is 13.3 Å². The second kappa shape index (κ2) is 7.90. The van der Waals surface area contributed by atoms with E-state index in [-0.39, 0.29) is 18.1 Å². The number of likely N-dealkylation sites (tertiary alicyclic amines) is 1. The topological polar surface area (TPSA) is 61.8 Å². The maximum atomic E-state index is 12.0. The molecule has 1 aromatic carbocycles. The Morgan fingerprint density at radius 2 is 2.32 bits per heavy atom. The summed E-state index contributed by atoms with van der Waals surface area (Å²) in [6, 6.07) is 5.03. The van der Waals surface area contributed by atoms with Gasteiger partial charge in [-0.1, -0.05) is 29.3 Å². The minimum atomic E-state index is -0.383. The summed E-state index contributed by atoms with van der Waals surface area (Å²) in [7, 11) is 0. The zero-order valence-corrected chi connectivity index (χ0v) is 13.9. The van der Waals surface area contributed by atoms with Gasteiger partial charge in [0.2, 0.25) is 0 Å². The lowest BCUT2D eigenvalue weighted by Crippen LogP contribution is -2.40. The van der Waals surface area contributed by atoms with Crippen molar-refractivity contribution in [2.45, 2.75) is 19.4 Å². The second-order valence-electron chi connectivity index (χ2n) is 5.37. The molecule has 0 radical (unpaired) electrons. The van der Waals surface area contributed by atoms with Crippen molar-refractivity contribution in [1.29, 1.82) is 0 Å². The van der Waals surface area contributed by atoms with Crippen LogP contribution in [-0.4, -0.2) is 48.4 Å². The van der Waals surface area contributed by atoms with E-state index in [0.29, 0.717) is 42.0 Å². The van der Waals surface area contributed by atoms with Crippen LogP contribution in [0.4, 0.5) is 4.79 Å². The smallest absolute Gasteiger partial charge is 0.317 e. The predicted molar refractivity (Wildman–Crippen MR) is 86.7 cm³/mol. The van der Waals surface area contributed by atoms with Gasteiger partial charge in [-0.15, -0.1) is 0 Å². The summed E-state index contributed by atoms with van der Waals surface area (Å²) in [5, 5.41) is 13.1. The molecule has 2 amide bonds. The van der Waals surface area contributed by atoms with Crippen molar-refractivity contribution in [3.63, 3.8) is 0 Å². The first-order chi connectivity index (χ1) is 10.5. The monoisotopic (exact) mass is 346 g/mol. The highest BCUT2D eigenvalue weighted by atomic mass is 35.5. The van der Waals surface area contributed by atoms with Crippen LogP contribution in [0.25, 0.3) is 0 Å². The highest BCUT2D eigenvalue weighted by Crippen LogP contribution is 2.31. The molecule has 0 spiro atoms. The molecule has 122 valence electrons. The fourth-order valence-electron chi connectivity index (χ4n) is 2.39. The quantitative estimate of drug-likeness (QED) is 0.806. The number of amides is 2. The molecule has 1 aromatic rings. The molecule has 2 rings (SSSR count). The van der Waals surface area contributed by atoms with E-state index in [1.807, 2.05) is 0 Å². The number of ether oxygens (including phenoxy) is 1. The van der Waals surface area contributed by atoms with Crippen LogP contribution in [0.3, 0.4) is 0 Å². The Morgan fingerprint density at radius 3 is 3.00 bits per heavy atom. The third kappa shape index (κ3) is 4.41. The lowest BCUT2D eigenvalue weighted by molar-refractivity contribution is 0.129. The third-order valence-electron chi connectivity index (χ3n) is 3.75. The summed E-state index contributed by atoms with van der Waals surface area (Å²) in [6.07, 6.45) is 0.450. The number of benzene rings is 1. The molecule has 2 N–H and O–H groups in total. The van der Waals surface area contributed by atoms with Crippen molar-refractivity contribution < 1.29 is 14.6 Å². The van der Waals surface area contributed by atoms with Gasteiger partial charge in [0.25, 0.3) is 0 Å². The number of hydrogen-bond donors (Lipinski definition) is 2. The molecule has 7 heteroatoms. The molecule has 1 heterocycles. The summed E-state index contributed by atoms with van der Waals surface area (Å²) < 4.78 is 5.50. The Hall–Kier alpha value is -1.17. The molecule has 2 atom stereocenters. The van der Waals surface area contributed by atoms with Crippen LogP contribution in [0.15, 0.2) is 18.2 Å². The van der Waals surface area contributed by atoms with Crippen LogP contribution in [0.2, 0.25) is 10.0 Å². The number of nitrogens with one attached hydrogen (secondary N) is 1. The number of halogens is 2. The van der Waals surface area contributed by atoms with Gasteiger partial charge in [0, 0.05) is 19.0 Å². The predicted octanol–water partition coefficient (Wildman–Crippen LogP) is 2.78. The number of aliphatic hydroxyl groups excluding tert-OH is 1. The van der Waals surface area contributed by atoms with Crippen molar-refractivity contribution >= 4 is 29.2 Å². The highest BCUT2D eigenvalue weighted by Gasteiger charge is 2.28. The Morgan fingerprint density at radius 1 is 1.55 bits per heavy atom. The molecular weight excluding hydrogens is 327 g/mol. The van der Waals surface area contributed by atoms with E-state index in [9.17, 15) is 9.90 Å². The average molecular weight is 347 g/mol. The Balaban J connectivity index is 1.71. The average Bonchev–Trinajstić information content (AvgIpc) is 2.97. The molecule has 0 saturated carbocycles. The maximum Gasteiger partial charge on any atom is 0.317 e. The Labute approximate surface area is 140 Å². The van der Waals surface area contributed by atoms with Crippen LogP contribution < -0.4 is 10.1 Å². The summed E-state index contributed by atoms with van der Waals surface area (Å²) in [5.41, 5.74) is 0. The van der Waals surface area contributed by atoms with Gasteiger partial charge in [0.05, 0.1) is 17.7 Å². The Bertz CT molecular complexity index is 526. The van der Waals surface area contributed by atoms with Gasteiger partial charge in [-0.05, 0) is 25.5 Å². The number of rotatable bonds is 5. The third-order valence-corrected chi connectivity index (χ3v) is 4.55. The van der Waals surface area contributed by atoms with E-state index < -0.39 is 0 Å². The van der Waals surface area contributed by atoms with E-state index in [2.05, 4.69) is 5.32 Å². The molecule has 5 nitrogen and oxygen atoms in total. The Kier molecular flexibility index (Phi) is 6.17. The minimum absolute atomic E-state index is 0.135. The van der Waals surface area contributed by atoms with Gasteiger partial charge < -0.3 is 20.1 Å². The molecule has 2 unspecified atom stereocenters. The highest BCUT2D eigenvalue weighted by molar-refractivity contribution is 6.42. The number of carbonyl (C=O) groups excluding carboxylic acids is 1. The molecule has 0 aromatic heterocycles. The molecular formula is C15H20Cl2N2O3. The SMILES string of the molecule is CC(O)C1CCN(C(=O)NCCOc2cccc(Cl)c2Cl)C1. The fourth-order valence-corrected chi connectivity index (χ4v) is 2.74. The van der Waals surface area contributed by atoms with Crippen molar-refractivity contribution in [2.75, 3.05) is 26.2 Å². The van der Waals surface area contributed by atoms with Crippen molar-refractivity contribution in [1.82, 2.24) is 10.2 Å². The zero-order chi connectivity index (χ0) is 16.1. The lowest BCUT2D eigenvalue weighted by Gasteiger charge is -2.18. The standard InChI is InChI=1S/C15H20Cl2N2O3/c1-10(20)11-5-7-19(9-11)15(21)18-6-8-22-13-4-2-3-12(16)14(13)17/h2-4,10-11,20H,5-9H2,1H3,(H,18,21). The van der Waals surface area contributed by atoms with Gasteiger partial charge in [-0.3, -0.25) is 0 Å². The normalized spacial score (nSPS) is 19.1. The van der Waals surface area contributed by atoms with Crippen LogP contribution in [0, 0.1) is 5.92 Å². The number of aliphatic hydroxyl groups is 1. The largest absolute Gasteiger partial charge is 0.490 e. The van der Waals surface area contributed by atoms with Gasteiger partial charge >= 0.3 is 6.03 Å². The molecule has 1 fully saturated rings. The second-order valence-corrected chi connectivity index (χ2v) is 6.15. The number of hydrogen-bond acceptors (Lipinski definition) is 3. The van der Waals surface area contributed by atoms with Gasteiger partial charge in [0.1, 0.15) is 17.4 Å². The number of urea groups is 1. The summed E-state index contributed by atoms with van der Waals surface area (Å²) in [5.74, 6) is 0.658. The minimum Gasteiger partial charge on any atom is -0.490 e. The first-order valence-corrected chi connectivity index (χ1v) is 8.02. The maximum absolute atomic E-state index is 12.0. The summed E-state index contributed by atoms with van der Waals surface area (Å²) >= 11 is 11.9. The molecule has 0 aliphatic carbocycles. The summed E-state index contributed by atoms with van der Waals surface area (Å²) in [4.78, 5) is 13.7. The molecule has 1 aliphatic heterocycles. The van der Waals surface area contributed by atoms with Crippen molar-refractivity contribution in [3.05, 3.63) is 28.2 Å². The van der Waals surface area contributed by atoms with Gasteiger partial charge in [-0.2, -0.15) is 0 Å². The van der Waals surface area contributed by atoms with Crippen LogP contribution in [0.5, 0.6) is 5.75 Å². The van der Waals surface area contributed by atoms with E-state index in [4.69, 9.17) is 27.9 Å². The number of nitrogens with zero attached hydrogens (tertiary/aromatic N) is 1. The van der Waals surface area contributed by atoms with E-state index in [0.717, 1.165) is 6.42 Å². The van der Waals surface area contributed by atoms with Crippen LogP contribution in [-0.2, 0) is 0 Å². The van der Waals surface area contributed by atoms with Gasteiger partial charge in [0.15, 0.2) is 0 Å². The molecule has 22 heavy (non-hydrogen) atoms. The van der Waals surface area contributed by atoms with E-state index in [1.54, 1.807) is 30.0 Å². The molecule has 1 aliphatic rings. The molecule has 0 bridgehead atoms. The first kappa shape index (κ1) is 17.2. The fraction of sp³-hybridized carbons (Fsp3) is 0.533. The van der Waals surface area contributed by atoms with E-state index in [1.165, 1.54) is 0 Å². The first-order valence-electron chi connectivity index (χ1n) is 7.26. The van der Waals surface area contributed by atoms with Crippen LogP contribution >= 0.6 is 23.2 Å². The lowest BCUT2D eigenvalue weighted by atomic mass is 10.0. The summed E-state index contributed by atoms with van der Waals surface area (Å²) in [6.45, 7) is 3.69. The van der Waals surface area contributed by atoms with Crippen molar-refractivity contribution in [2.24, 2.45) is 5.92 Å². The van der Waals surface area contributed by atoms with Crippen molar-refractivity contribution in [3.8, 4) is 5.75 Å². The van der Waals surface area contributed by atoms with E-state index >= 15 is 0 Å².